The molecule has 1 aromatic carbocycles. The van der Waals surface area contributed by atoms with E-state index < -0.39 is 49.5 Å². The number of alkyl halides is 1. The largest absolute Gasteiger partial charge is 0.478 e. The van der Waals surface area contributed by atoms with Gasteiger partial charge in [-0.05, 0) is 18.6 Å². The lowest BCUT2D eigenvalue weighted by Crippen LogP contribution is -2.10. The molecule has 1 N–H and O–H groups in total. The standard InChI is InChI=1S/C10H9ClF2O4S/c11-9-7(10(14)15)4-6(5-8(9)13)18(16,17)3-1-2-12/h4-5H,1-3H2,(H,14,15). The number of carbonyl (C=O) groups is 1. The summed E-state index contributed by atoms with van der Waals surface area (Å²) in [5.41, 5.74) is -0.643. The van der Waals surface area contributed by atoms with Gasteiger partial charge in [0.15, 0.2) is 9.84 Å². The minimum Gasteiger partial charge on any atom is -0.478 e. The lowest BCUT2D eigenvalue weighted by atomic mass is 10.2. The number of halogens is 3. The summed E-state index contributed by atoms with van der Waals surface area (Å²) in [6.07, 6.45) is -0.241. The zero-order chi connectivity index (χ0) is 13.9. The van der Waals surface area contributed by atoms with E-state index in [0.29, 0.717) is 6.07 Å². The summed E-state index contributed by atoms with van der Waals surface area (Å²) >= 11 is 5.40. The molecule has 4 nitrogen and oxygen atoms in total. The maximum Gasteiger partial charge on any atom is 0.337 e. The van der Waals surface area contributed by atoms with Crippen molar-refractivity contribution in [2.45, 2.75) is 11.3 Å². The van der Waals surface area contributed by atoms with Gasteiger partial charge in [-0.2, -0.15) is 0 Å². The fourth-order valence-electron chi connectivity index (χ4n) is 1.26. The van der Waals surface area contributed by atoms with Crippen molar-refractivity contribution >= 4 is 27.4 Å². The molecule has 0 unspecified atom stereocenters. The molecule has 0 spiro atoms. The molecule has 0 aliphatic carbocycles. The zero-order valence-electron chi connectivity index (χ0n) is 8.99. The maximum absolute atomic E-state index is 13.3. The van der Waals surface area contributed by atoms with Crippen molar-refractivity contribution in [2.75, 3.05) is 12.4 Å². The van der Waals surface area contributed by atoms with Gasteiger partial charge in [0.1, 0.15) is 5.82 Å². The van der Waals surface area contributed by atoms with Gasteiger partial charge >= 0.3 is 5.97 Å². The number of hydrogen-bond acceptors (Lipinski definition) is 3. The Bertz CT molecular complexity index is 571. The SMILES string of the molecule is O=C(O)c1cc(S(=O)(=O)CCCF)cc(F)c1Cl. The Morgan fingerprint density at radius 2 is 2.00 bits per heavy atom. The molecule has 0 bridgehead atoms. The minimum atomic E-state index is -3.92. The van der Waals surface area contributed by atoms with Crippen LogP contribution in [0.5, 0.6) is 0 Å². The normalized spacial score (nSPS) is 11.5. The van der Waals surface area contributed by atoms with E-state index in [9.17, 15) is 22.0 Å². The van der Waals surface area contributed by atoms with Crippen LogP contribution in [-0.4, -0.2) is 31.9 Å². The summed E-state index contributed by atoms with van der Waals surface area (Å²) in [6.45, 7) is -0.832. The van der Waals surface area contributed by atoms with E-state index in [1.54, 1.807) is 0 Å². The highest BCUT2D eigenvalue weighted by atomic mass is 35.5. The summed E-state index contributed by atoms with van der Waals surface area (Å²) in [5, 5.41) is 8.09. The Morgan fingerprint density at radius 1 is 1.39 bits per heavy atom. The summed E-state index contributed by atoms with van der Waals surface area (Å²) in [4.78, 5) is 10.2. The van der Waals surface area contributed by atoms with Gasteiger partial charge in [0.2, 0.25) is 0 Å². The predicted molar refractivity (Wildman–Crippen MR) is 61.0 cm³/mol. The Morgan fingerprint density at radius 3 is 2.50 bits per heavy atom. The summed E-state index contributed by atoms with van der Waals surface area (Å²) in [5.74, 6) is -3.21. The van der Waals surface area contributed by atoms with Gasteiger partial charge in [0, 0.05) is 0 Å². The van der Waals surface area contributed by atoms with Crippen LogP contribution in [0.15, 0.2) is 17.0 Å². The molecule has 0 saturated heterocycles. The van der Waals surface area contributed by atoms with Gasteiger partial charge in [-0.1, -0.05) is 11.6 Å². The number of aromatic carboxylic acids is 1. The van der Waals surface area contributed by atoms with E-state index in [0.717, 1.165) is 6.07 Å². The van der Waals surface area contributed by atoms with Crippen molar-refractivity contribution < 1.29 is 27.1 Å². The van der Waals surface area contributed by atoms with Crippen molar-refractivity contribution in [3.05, 3.63) is 28.5 Å². The molecule has 0 fully saturated rings. The monoisotopic (exact) mass is 298 g/mol. The third-order valence-electron chi connectivity index (χ3n) is 2.14. The van der Waals surface area contributed by atoms with Crippen molar-refractivity contribution in [2.24, 2.45) is 0 Å². The first kappa shape index (κ1) is 14.8. The second-order valence-corrected chi connectivity index (χ2v) is 5.92. The van der Waals surface area contributed by atoms with E-state index >= 15 is 0 Å². The molecule has 0 saturated carbocycles. The van der Waals surface area contributed by atoms with E-state index in [-0.39, 0.29) is 6.42 Å². The lowest BCUT2D eigenvalue weighted by Gasteiger charge is -2.06. The van der Waals surface area contributed by atoms with Crippen LogP contribution in [0, 0.1) is 5.82 Å². The lowest BCUT2D eigenvalue weighted by molar-refractivity contribution is 0.0696. The molecule has 0 aliphatic heterocycles. The predicted octanol–water partition coefficient (Wildman–Crippen LogP) is 2.31. The second kappa shape index (κ2) is 5.62. The molecule has 0 aliphatic rings. The van der Waals surface area contributed by atoms with Crippen LogP contribution in [0.25, 0.3) is 0 Å². The Balaban J connectivity index is 3.31. The number of carboxylic acids is 1. The summed E-state index contributed by atoms with van der Waals surface area (Å²) in [6, 6.07) is 1.39. The topological polar surface area (TPSA) is 71.4 Å². The molecule has 0 heterocycles. The van der Waals surface area contributed by atoms with Crippen LogP contribution in [0.3, 0.4) is 0 Å². The Hall–Kier alpha value is -1.21. The molecule has 8 heteroatoms. The fourth-order valence-corrected chi connectivity index (χ4v) is 2.76. The molecular weight excluding hydrogens is 290 g/mol. The van der Waals surface area contributed by atoms with Gasteiger partial charge < -0.3 is 5.11 Å². The van der Waals surface area contributed by atoms with E-state index in [1.807, 2.05) is 0 Å². The number of benzene rings is 1. The van der Waals surface area contributed by atoms with Gasteiger partial charge in [-0.25, -0.2) is 17.6 Å². The van der Waals surface area contributed by atoms with E-state index in [1.165, 1.54) is 0 Å². The van der Waals surface area contributed by atoms with Crippen LogP contribution in [0.2, 0.25) is 5.02 Å². The Kier molecular flexibility index (Phi) is 4.64. The van der Waals surface area contributed by atoms with Crippen LogP contribution >= 0.6 is 11.6 Å². The number of hydrogen-bond donors (Lipinski definition) is 1. The molecule has 0 radical (unpaired) electrons. The number of sulfone groups is 1. The van der Waals surface area contributed by atoms with Crippen molar-refractivity contribution in [1.82, 2.24) is 0 Å². The molecule has 0 aromatic heterocycles. The first-order chi connectivity index (χ1) is 8.29. The van der Waals surface area contributed by atoms with Crippen molar-refractivity contribution in [3.63, 3.8) is 0 Å². The highest BCUT2D eigenvalue weighted by molar-refractivity contribution is 7.91. The van der Waals surface area contributed by atoms with Gasteiger partial charge in [-0.15, -0.1) is 0 Å². The smallest absolute Gasteiger partial charge is 0.337 e. The first-order valence-corrected chi connectivity index (χ1v) is 6.83. The Labute approximate surface area is 107 Å². The summed E-state index contributed by atoms with van der Waals surface area (Å²) < 4.78 is 48.6. The maximum atomic E-state index is 13.3. The highest BCUT2D eigenvalue weighted by Crippen LogP contribution is 2.25. The van der Waals surface area contributed by atoms with Crippen molar-refractivity contribution in [3.8, 4) is 0 Å². The highest BCUT2D eigenvalue weighted by Gasteiger charge is 2.21. The van der Waals surface area contributed by atoms with E-state index in [2.05, 4.69) is 0 Å². The van der Waals surface area contributed by atoms with Crippen LogP contribution in [0.4, 0.5) is 8.78 Å². The number of carboxylic acid groups (broad SMARTS) is 1. The fraction of sp³-hybridized carbons (Fsp3) is 0.300. The summed E-state index contributed by atoms with van der Waals surface area (Å²) in [7, 11) is -3.92. The average molecular weight is 299 g/mol. The minimum absolute atomic E-state index is 0.241. The molecule has 0 atom stereocenters. The quantitative estimate of drug-likeness (QED) is 0.905. The first-order valence-electron chi connectivity index (χ1n) is 4.80. The third kappa shape index (κ3) is 3.17. The molecule has 1 rings (SSSR count). The van der Waals surface area contributed by atoms with Gasteiger partial charge in [0.25, 0.3) is 0 Å². The molecule has 100 valence electrons. The molecule has 1 aromatic rings. The molecule has 0 amide bonds. The van der Waals surface area contributed by atoms with Gasteiger partial charge in [-0.3, -0.25) is 4.39 Å². The van der Waals surface area contributed by atoms with Crippen molar-refractivity contribution in [1.29, 1.82) is 0 Å². The zero-order valence-corrected chi connectivity index (χ0v) is 10.6. The van der Waals surface area contributed by atoms with Gasteiger partial charge in [0.05, 0.1) is 27.9 Å². The van der Waals surface area contributed by atoms with Crippen LogP contribution in [-0.2, 0) is 9.84 Å². The number of rotatable bonds is 5. The van der Waals surface area contributed by atoms with E-state index in [4.69, 9.17) is 16.7 Å². The van der Waals surface area contributed by atoms with Crippen LogP contribution < -0.4 is 0 Å². The average Bonchev–Trinajstić information content (AvgIpc) is 2.29. The third-order valence-corrected chi connectivity index (χ3v) is 4.30. The molecular formula is C10H9ClF2O4S. The van der Waals surface area contributed by atoms with Crippen LogP contribution in [0.1, 0.15) is 16.8 Å². The molecule has 18 heavy (non-hydrogen) atoms. The second-order valence-electron chi connectivity index (χ2n) is 3.43.